The first-order valence-corrected chi connectivity index (χ1v) is 38.6. The Labute approximate surface area is 635 Å². The second-order valence-corrected chi connectivity index (χ2v) is 28.7. The van der Waals surface area contributed by atoms with E-state index in [2.05, 4.69) is 149 Å². The maximum atomic E-state index is 13.1. The minimum Gasteiger partial charge on any atom is -0.508 e. The number of rotatable bonds is 18. The molecule has 0 spiro atoms. The Balaban J connectivity index is 0.000000154. The number of hydrogen-bond acceptors (Lipinski definition) is 10. The highest BCUT2D eigenvalue weighted by Crippen LogP contribution is 2.43. The molecule has 8 atom stereocenters. The monoisotopic (exact) mass is 1430 g/mol. The summed E-state index contributed by atoms with van der Waals surface area (Å²) in [7, 11) is 0. The lowest BCUT2D eigenvalue weighted by molar-refractivity contribution is -0.136. The average Bonchev–Trinajstić information content (AvgIpc) is 1.74. The first-order valence-electron chi connectivity index (χ1n) is 38.6. The van der Waals surface area contributed by atoms with Crippen LogP contribution in [0.25, 0.3) is 10.8 Å². The lowest BCUT2D eigenvalue weighted by Gasteiger charge is -2.28. The van der Waals surface area contributed by atoms with E-state index in [0.29, 0.717) is 70.0 Å². The van der Waals surface area contributed by atoms with Gasteiger partial charge in [0.15, 0.2) is 0 Å². The molecule has 11 aromatic rings. The zero-order chi connectivity index (χ0) is 76.5. The summed E-state index contributed by atoms with van der Waals surface area (Å²) in [5.74, 6) is 4.88. The van der Waals surface area contributed by atoms with Crippen LogP contribution >= 0.6 is 0 Å². The van der Waals surface area contributed by atoms with Crippen molar-refractivity contribution < 1.29 is 43.9 Å². The highest BCUT2D eigenvalue weighted by atomic mass is 16.5. The van der Waals surface area contributed by atoms with Crippen LogP contribution in [-0.2, 0) is 27.2 Å². The minimum absolute atomic E-state index is 0.120. The molecule has 0 saturated heterocycles. The van der Waals surface area contributed by atoms with Gasteiger partial charge in [-0.15, -0.1) is 0 Å². The molecule has 4 N–H and O–H groups in total. The molecule has 14 rings (SSSR count). The summed E-state index contributed by atoms with van der Waals surface area (Å²) in [6, 6.07) is 82.4. The Morgan fingerprint density at radius 2 is 0.636 bits per heavy atom. The number of nitrogens with one attached hydrogen (secondary N) is 1. The first-order chi connectivity index (χ1) is 51.7. The number of benzene rings is 11. The van der Waals surface area contributed by atoms with Crippen molar-refractivity contribution in [3.05, 3.63) is 322 Å². The van der Waals surface area contributed by atoms with Crippen molar-refractivity contribution in [1.29, 1.82) is 0 Å². The number of ether oxygens (including phenoxy) is 3. The molecule has 0 radical (unpaired) electrons. The number of carbonyl (C=O) groups excluding carboxylic acids is 3. The second kappa shape index (κ2) is 39.6. The lowest BCUT2D eigenvalue weighted by Crippen LogP contribution is -2.24. The molecule has 8 unspecified atom stereocenters. The van der Waals surface area contributed by atoms with Crippen molar-refractivity contribution in [3.63, 3.8) is 0 Å². The Morgan fingerprint density at radius 3 is 1.01 bits per heavy atom. The molecule has 556 valence electrons. The Kier molecular flexibility index (Phi) is 29.7. The Morgan fingerprint density at radius 1 is 0.336 bits per heavy atom. The number of anilines is 2. The van der Waals surface area contributed by atoms with E-state index in [1.807, 2.05) is 158 Å². The van der Waals surface area contributed by atoms with Crippen LogP contribution in [0.5, 0.6) is 34.5 Å². The topological polar surface area (TPSA) is 152 Å². The largest absolute Gasteiger partial charge is 0.508 e. The van der Waals surface area contributed by atoms with E-state index in [1.165, 1.54) is 55.3 Å². The number of aryl methyl sites for hydroxylation is 1. The summed E-state index contributed by atoms with van der Waals surface area (Å²) >= 11 is 0. The fraction of sp³-hybridized carbons (Fsp3) is 0.309. The summed E-state index contributed by atoms with van der Waals surface area (Å²) in [4.78, 5) is 38.3. The SMILES string of the molecule is CCC(C)c1ccc(O)cc1.CCC(C)c1ccc(O)cc1.CCC(C)c1ccc(O)cc1.CCC(C)c1ccc(OC(=O)C2CCc3ccccc32)cc1.CCC(C)c1ccc(OC(=O)C2Cc3cccc4cccc2c34)cc1.CCC(C)c1ccc(OC(=O)C2c3ccccc3Nc3ccccc32)cc1. The lowest BCUT2D eigenvalue weighted by atomic mass is 9.86. The summed E-state index contributed by atoms with van der Waals surface area (Å²) < 4.78 is 17.0. The van der Waals surface area contributed by atoms with E-state index < -0.39 is 5.92 Å². The zero-order valence-corrected chi connectivity index (χ0v) is 64.6. The summed E-state index contributed by atoms with van der Waals surface area (Å²) in [5, 5.41) is 32.9. The molecule has 0 amide bonds. The predicted molar refractivity (Wildman–Crippen MR) is 439 cm³/mol. The molecule has 3 aliphatic rings. The van der Waals surface area contributed by atoms with E-state index in [-0.39, 0.29) is 29.7 Å². The maximum absolute atomic E-state index is 13.1. The Hall–Kier alpha value is -10.7. The van der Waals surface area contributed by atoms with Crippen LogP contribution in [0, 0.1) is 0 Å². The van der Waals surface area contributed by atoms with Crippen molar-refractivity contribution in [2.24, 2.45) is 0 Å². The van der Waals surface area contributed by atoms with Gasteiger partial charge in [0.05, 0.1) is 11.8 Å². The maximum Gasteiger partial charge on any atom is 0.323 e. The van der Waals surface area contributed by atoms with Gasteiger partial charge in [-0.05, 0) is 256 Å². The molecule has 10 heteroatoms. The number of hydrogen-bond donors (Lipinski definition) is 4. The Bertz CT molecular complexity index is 4430. The number of aromatic hydroxyl groups is 3. The van der Waals surface area contributed by atoms with Crippen molar-refractivity contribution in [2.45, 2.75) is 194 Å². The molecular weight excluding hydrogens is 1320 g/mol. The smallest absolute Gasteiger partial charge is 0.323 e. The van der Waals surface area contributed by atoms with Crippen LogP contribution in [0.15, 0.2) is 255 Å². The third kappa shape index (κ3) is 21.7. The molecule has 1 heterocycles. The minimum atomic E-state index is -0.437. The van der Waals surface area contributed by atoms with Gasteiger partial charge >= 0.3 is 17.9 Å². The third-order valence-electron chi connectivity index (χ3n) is 21.6. The average molecular weight is 1430 g/mol. The number of esters is 3. The molecule has 1 aliphatic heterocycles. The van der Waals surface area contributed by atoms with Gasteiger partial charge in [0.25, 0.3) is 0 Å². The summed E-state index contributed by atoms with van der Waals surface area (Å²) in [6.45, 7) is 26.2. The highest BCUT2D eigenvalue weighted by molar-refractivity contribution is 5.97. The second-order valence-electron chi connectivity index (χ2n) is 28.7. The molecule has 0 aromatic heterocycles. The van der Waals surface area contributed by atoms with E-state index in [9.17, 15) is 14.4 Å². The summed E-state index contributed by atoms with van der Waals surface area (Å²) in [6.07, 6.45) is 9.26. The number of carbonyl (C=O) groups is 3. The van der Waals surface area contributed by atoms with Crippen LogP contribution in [0.2, 0.25) is 0 Å². The van der Waals surface area contributed by atoms with Crippen LogP contribution in [0.1, 0.15) is 248 Å². The van der Waals surface area contributed by atoms with Crippen LogP contribution in [0.4, 0.5) is 11.4 Å². The van der Waals surface area contributed by atoms with Gasteiger partial charge in [0, 0.05) is 11.4 Å². The van der Waals surface area contributed by atoms with Crippen molar-refractivity contribution in [2.75, 3.05) is 5.32 Å². The number of fused-ring (bicyclic) bond motifs is 3. The van der Waals surface area contributed by atoms with Gasteiger partial charge in [-0.1, -0.05) is 253 Å². The molecule has 0 fully saturated rings. The molecule has 11 aromatic carbocycles. The summed E-state index contributed by atoms with van der Waals surface area (Å²) in [5.41, 5.74) is 16.2. The van der Waals surface area contributed by atoms with E-state index in [0.717, 1.165) is 91.4 Å². The highest BCUT2D eigenvalue weighted by Gasteiger charge is 2.34. The third-order valence-corrected chi connectivity index (χ3v) is 21.6. The molecule has 0 saturated carbocycles. The van der Waals surface area contributed by atoms with E-state index in [1.54, 1.807) is 36.4 Å². The normalized spacial score (nSPS) is 15.1. The number of para-hydroxylation sites is 2. The molecular formula is C97H109NO9. The van der Waals surface area contributed by atoms with Gasteiger partial charge in [-0.2, -0.15) is 0 Å². The van der Waals surface area contributed by atoms with Crippen molar-refractivity contribution >= 4 is 40.1 Å². The standard InChI is InChI=1S/C24H23NO2.C23H22O2.C20H22O2.3C10H14O/c1-3-16(2)17-12-14-18(15-13-17)27-24(26)23-19-8-4-6-10-21(19)25-22-11-7-5-9-20(22)23;1-3-15(2)16-10-12-19(13-11-16)25-23(24)21-14-18-8-4-6-17-7-5-9-20(21)22(17)18;1-3-14(2)15-8-11-17(12-9-15)22-20(21)19-13-10-16-6-4-5-7-18(16)19;3*1-3-8(2)9-4-6-10(11)7-5-9/h4-16,23,25H,3H2,1-2H3;4-13,15,21H,3,14H2,1-2H3;4-9,11-12,14,19H,3,10,13H2,1-2H3;3*4-8,11H,3H2,1-2H3. The fourth-order valence-electron chi connectivity index (χ4n) is 13.5. The molecule has 2 aliphatic carbocycles. The van der Waals surface area contributed by atoms with Crippen LogP contribution in [0.3, 0.4) is 0 Å². The van der Waals surface area contributed by atoms with Gasteiger partial charge in [-0.25, -0.2) is 0 Å². The molecule has 10 nitrogen and oxygen atoms in total. The van der Waals surface area contributed by atoms with E-state index >= 15 is 0 Å². The van der Waals surface area contributed by atoms with Crippen LogP contribution in [-0.4, -0.2) is 33.2 Å². The zero-order valence-electron chi connectivity index (χ0n) is 64.6. The molecule has 0 bridgehead atoms. The van der Waals surface area contributed by atoms with Gasteiger partial charge in [0.1, 0.15) is 40.4 Å². The van der Waals surface area contributed by atoms with Crippen LogP contribution < -0.4 is 19.5 Å². The van der Waals surface area contributed by atoms with Gasteiger partial charge in [-0.3, -0.25) is 14.4 Å². The molecule has 107 heavy (non-hydrogen) atoms. The van der Waals surface area contributed by atoms with E-state index in [4.69, 9.17) is 29.5 Å². The number of phenolic OH excluding ortho intramolecular Hbond substituents is 3. The predicted octanol–water partition coefficient (Wildman–Crippen LogP) is 25.1. The quantitative estimate of drug-likeness (QED) is 0.0483. The van der Waals surface area contributed by atoms with Gasteiger partial charge < -0.3 is 34.8 Å². The fourth-order valence-corrected chi connectivity index (χ4v) is 13.5. The number of phenols is 3. The van der Waals surface area contributed by atoms with Crippen molar-refractivity contribution in [1.82, 2.24) is 0 Å². The van der Waals surface area contributed by atoms with Gasteiger partial charge in [0.2, 0.25) is 0 Å². The van der Waals surface area contributed by atoms with Crippen molar-refractivity contribution in [3.8, 4) is 34.5 Å². The first kappa shape index (κ1) is 80.4.